The Morgan fingerprint density at radius 1 is 0.846 bits per heavy atom. The van der Waals surface area contributed by atoms with E-state index in [1.165, 1.54) is 0 Å². The number of carbonyl (C=O) groups is 3. The van der Waals surface area contributed by atoms with Crippen LogP contribution in [0.2, 0.25) is 0 Å². The van der Waals surface area contributed by atoms with Crippen LogP contribution < -0.4 is 0 Å². The Labute approximate surface area is 151 Å². The fourth-order valence-electron chi connectivity index (χ4n) is 2.62. The molecule has 6 heteroatoms. The topological polar surface area (TPSA) is 72.9 Å². The van der Waals surface area contributed by atoms with Gasteiger partial charge in [-0.2, -0.15) is 0 Å². The van der Waals surface area contributed by atoms with Crippen molar-refractivity contribution in [1.29, 1.82) is 0 Å². The van der Waals surface area contributed by atoms with Crippen molar-refractivity contribution in [1.82, 2.24) is 5.06 Å². The highest BCUT2D eigenvalue weighted by Crippen LogP contribution is 2.22. The second-order valence-corrected chi connectivity index (χ2v) is 5.89. The van der Waals surface area contributed by atoms with Gasteiger partial charge in [-0.1, -0.05) is 42.5 Å². The molecule has 2 amide bonds. The van der Waals surface area contributed by atoms with Gasteiger partial charge in [-0.15, -0.1) is 5.06 Å². The number of hydroxylamine groups is 2. The lowest BCUT2D eigenvalue weighted by Gasteiger charge is -2.13. The van der Waals surface area contributed by atoms with Crippen molar-refractivity contribution in [3.8, 4) is 0 Å². The van der Waals surface area contributed by atoms with Crippen LogP contribution in [0, 0.1) is 0 Å². The fourth-order valence-corrected chi connectivity index (χ4v) is 2.62. The number of imide groups is 1. The molecule has 0 saturated heterocycles. The summed E-state index contributed by atoms with van der Waals surface area (Å²) in [5.41, 5.74) is 1.64. The highest BCUT2D eigenvalue weighted by molar-refractivity contribution is 6.20. The lowest BCUT2D eigenvalue weighted by atomic mass is 10.1. The molecule has 26 heavy (non-hydrogen) atoms. The quantitative estimate of drug-likeness (QED) is 0.414. The largest absolute Gasteiger partial charge is 0.461 e. The first-order chi connectivity index (χ1) is 12.7. The van der Waals surface area contributed by atoms with Crippen molar-refractivity contribution in [2.75, 3.05) is 6.61 Å². The van der Waals surface area contributed by atoms with E-state index in [-0.39, 0.29) is 25.6 Å². The van der Waals surface area contributed by atoms with Crippen LogP contribution in [-0.2, 0) is 21.0 Å². The number of amides is 2. The van der Waals surface area contributed by atoms with Gasteiger partial charge in [0, 0.05) is 6.42 Å². The van der Waals surface area contributed by atoms with Gasteiger partial charge in [0.1, 0.15) is 6.61 Å². The van der Waals surface area contributed by atoms with Crippen LogP contribution in [0.4, 0.5) is 0 Å². The molecule has 0 aliphatic carbocycles. The average Bonchev–Trinajstić information content (AvgIpc) is 2.92. The molecule has 1 aliphatic heterocycles. The molecule has 134 valence electrons. The van der Waals surface area contributed by atoms with E-state index in [9.17, 15) is 14.4 Å². The molecule has 0 saturated carbocycles. The summed E-state index contributed by atoms with van der Waals surface area (Å²) in [6.07, 6.45) is 1.35. The predicted octanol–water partition coefficient (Wildman–Crippen LogP) is 3.13. The summed E-state index contributed by atoms with van der Waals surface area (Å²) in [5, 5.41) is 0.790. The summed E-state index contributed by atoms with van der Waals surface area (Å²) in [4.78, 5) is 41.2. The van der Waals surface area contributed by atoms with E-state index in [1.807, 2.05) is 30.3 Å². The van der Waals surface area contributed by atoms with E-state index in [2.05, 4.69) is 0 Å². The Kier molecular flexibility index (Phi) is 5.76. The molecule has 0 spiro atoms. The van der Waals surface area contributed by atoms with Crippen molar-refractivity contribution in [3.05, 3.63) is 71.3 Å². The molecule has 0 unspecified atom stereocenters. The second kappa shape index (κ2) is 8.40. The van der Waals surface area contributed by atoms with E-state index in [1.54, 1.807) is 24.3 Å². The lowest BCUT2D eigenvalue weighted by molar-refractivity contribution is -0.145. The molecule has 2 aromatic carbocycles. The zero-order valence-corrected chi connectivity index (χ0v) is 14.2. The van der Waals surface area contributed by atoms with Gasteiger partial charge in [-0.25, -0.2) is 0 Å². The minimum atomic E-state index is -0.451. The number of esters is 1. The molecule has 0 radical (unpaired) electrons. The smallest absolute Gasteiger partial charge is 0.306 e. The maximum absolute atomic E-state index is 12.1. The molecular weight excluding hydrogens is 334 g/mol. The van der Waals surface area contributed by atoms with Crippen LogP contribution in [0.1, 0.15) is 45.5 Å². The summed E-state index contributed by atoms with van der Waals surface area (Å²) >= 11 is 0. The van der Waals surface area contributed by atoms with Crippen LogP contribution in [0.5, 0.6) is 0 Å². The highest BCUT2D eigenvalue weighted by Gasteiger charge is 2.36. The Hall–Kier alpha value is -2.99. The number of carbonyl (C=O) groups excluding carboxylic acids is 3. The summed E-state index contributed by atoms with van der Waals surface area (Å²) in [6, 6.07) is 16.1. The Balaban J connectivity index is 1.34. The molecule has 3 rings (SSSR count). The molecule has 0 N–H and O–H groups in total. The third-order valence-corrected chi connectivity index (χ3v) is 4.00. The van der Waals surface area contributed by atoms with E-state index >= 15 is 0 Å². The number of unbranched alkanes of at least 4 members (excludes halogenated alkanes) is 1. The van der Waals surface area contributed by atoms with E-state index in [0.29, 0.717) is 24.0 Å². The zero-order valence-electron chi connectivity index (χ0n) is 14.2. The maximum Gasteiger partial charge on any atom is 0.306 e. The monoisotopic (exact) mass is 353 g/mol. The Morgan fingerprint density at radius 3 is 2.12 bits per heavy atom. The maximum atomic E-state index is 12.1. The summed E-state index contributed by atoms with van der Waals surface area (Å²) in [7, 11) is 0. The summed E-state index contributed by atoms with van der Waals surface area (Å²) < 4.78 is 5.19. The number of nitrogens with zero attached hydrogens (tertiary/aromatic N) is 1. The average molecular weight is 353 g/mol. The van der Waals surface area contributed by atoms with E-state index in [4.69, 9.17) is 9.57 Å². The highest BCUT2D eigenvalue weighted by atomic mass is 16.7. The predicted molar refractivity (Wildman–Crippen MR) is 93.0 cm³/mol. The number of hydrogen-bond acceptors (Lipinski definition) is 5. The van der Waals surface area contributed by atoms with E-state index in [0.717, 1.165) is 10.6 Å². The third kappa shape index (κ3) is 4.15. The van der Waals surface area contributed by atoms with Crippen LogP contribution in [0.25, 0.3) is 0 Å². The van der Waals surface area contributed by atoms with Gasteiger partial charge in [0.15, 0.2) is 0 Å². The molecule has 6 nitrogen and oxygen atoms in total. The molecule has 0 atom stereocenters. The minimum absolute atomic E-state index is 0.178. The normalized spacial score (nSPS) is 13.0. The van der Waals surface area contributed by atoms with Crippen molar-refractivity contribution < 1.29 is 24.0 Å². The molecule has 1 aliphatic rings. The molecular formula is C20H19NO5. The Morgan fingerprint density at radius 2 is 1.46 bits per heavy atom. The van der Waals surface area contributed by atoms with Gasteiger partial charge in [-0.05, 0) is 30.5 Å². The zero-order chi connectivity index (χ0) is 18.4. The van der Waals surface area contributed by atoms with Crippen LogP contribution >= 0.6 is 0 Å². The number of fused-ring (bicyclic) bond motifs is 1. The van der Waals surface area contributed by atoms with Crippen LogP contribution in [0.15, 0.2) is 54.6 Å². The van der Waals surface area contributed by atoms with E-state index < -0.39 is 11.8 Å². The Bertz CT molecular complexity index is 768. The van der Waals surface area contributed by atoms with Crippen LogP contribution in [-0.4, -0.2) is 29.5 Å². The van der Waals surface area contributed by atoms with Crippen molar-refractivity contribution in [2.45, 2.75) is 25.9 Å². The molecule has 0 bridgehead atoms. The molecule has 2 aromatic rings. The second-order valence-electron chi connectivity index (χ2n) is 5.89. The molecule has 1 heterocycles. The van der Waals surface area contributed by atoms with Crippen molar-refractivity contribution >= 4 is 17.8 Å². The van der Waals surface area contributed by atoms with Gasteiger partial charge >= 0.3 is 5.97 Å². The minimum Gasteiger partial charge on any atom is -0.461 e. The number of rotatable bonds is 8. The summed E-state index contributed by atoms with van der Waals surface area (Å²) in [6.45, 7) is 0.433. The molecule has 0 fully saturated rings. The van der Waals surface area contributed by atoms with Gasteiger partial charge in [0.2, 0.25) is 0 Å². The fraction of sp³-hybridized carbons (Fsp3) is 0.250. The van der Waals surface area contributed by atoms with Gasteiger partial charge < -0.3 is 4.74 Å². The number of ether oxygens (including phenoxy) is 1. The van der Waals surface area contributed by atoms with Gasteiger partial charge in [0.05, 0.1) is 17.7 Å². The SMILES string of the molecule is O=C(CCCCON1C(=O)c2ccccc2C1=O)OCc1ccccc1. The molecule has 0 aromatic heterocycles. The number of hydrogen-bond donors (Lipinski definition) is 0. The number of benzene rings is 2. The standard InChI is InChI=1S/C20H19NO5/c22-18(25-14-15-8-2-1-3-9-15)12-6-7-13-26-21-19(23)16-10-4-5-11-17(16)20(21)24/h1-5,8-11H,6-7,12-14H2. The van der Waals surface area contributed by atoms with Crippen LogP contribution in [0.3, 0.4) is 0 Å². The van der Waals surface area contributed by atoms with Gasteiger partial charge in [-0.3, -0.25) is 19.2 Å². The van der Waals surface area contributed by atoms with Crippen molar-refractivity contribution in [3.63, 3.8) is 0 Å². The summed E-state index contributed by atoms with van der Waals surface area (Å²) in [5.74, 6) is -1.18. The first-order valence-electron chi connectivity index (χ1n) is 8.47. The third-order valence-electron chi connectivity index (χ3n) is 4.00. The first-order valence-corrected chi connectivity index (χ1v) is 8.47. The lowest BCUT2D eigenvalue weighted by Crippen LogP contribution is -2.30. The van der Waals surface area contributed by atoms with Crippen molar-refractivity contribution in [2.24, 2.45) is 0 Å². The van der Waals surface area contributed by atoms with Gasteiger partial charge in [0.25, 0.3) is 11.8 Å². The first kappa shape index (κ1) is 17.8.